The number of hydrogen-bond acceptors (Lipinski definition) is 12. The van der Waals surface area contributed by atoms with E-state index in [1.807, 2.05) is 30.3 Å². The maximum absolute atomic E-state index is 14.0. The fourth-order valence-corrected chi connectivity index (χ4v) is 8.98. The molecule has 6 amide bonds. The molecule has 19 heteroatoms. The Morgan fingerprint density at radius 3 is 2.38 bits per heavy atom. The van der Waals surface area contributed by atoms with Crippen LogP contribution in [0.1, 0.15) is 67.9 Å². The van der Waals surface area contributed by atoms with Crippen molar-refractivity contribution in [3.05, 3.63) is 112 Å². The molecule has 0 radical (unpaired) electrons. The molecule has 5 heterocycles. The molecule has 1 atom stereocenters. The van der Waals surface area contributed by atoms with Crippen LogP contribution in [-0.4, -0.2) is 127 Å². The summed E-state index contributed by atoms with van der Waals surface area (Å²) in [6.07, 6.45) is 1.94. The smallest absolute Gasteiger partial charge is 0.264 e. The number of piperazine rings is 1. The molecule has 17 nitrogen and oxygen atoms in total. The van der Waals surface area contributed by atoms with Crippen LogP contribution in [0.3, 0.4) is 0 Å². The number of H-pyrrole nitrogens is 1. The number of ether oxygens (including phenoxy) is 1. The second-order valence-corrected chi connectivity index (χ2v) is 16.8. The fourth-order valence-electron chi connectivity index (χ4n) is 8.98. The Morgan fingerprint density at radius 1 is 0.818 bits per heavy atom. The first-order valence-electron chi connectivity index (χ1n) is 22.0. The van der Waals surface area contributed by atoms with E-state index in [0.717, 1.165) is 35.1 Å². The molecule has 66 heavy (non-hydrogen) atoms. The molecule has 3 saturated heterocycles. The van der Waals surface area contributed by atoms with E-state index in [-0.39, 0.29) is 67.9 Å². The summed E-state index contributed by atoms with van der Waals surface area (Å²) in [6, 6.07) is 18.5. The van der Waals surface area contributed by atoms with E-state index in [4.69, 9.17) is 4.74 Å². The van der Waals surface area contributed by atoms with Gasteiger partial charge < -0.3 is 30.9 Å². The van der Waals surface area contributed by atoms with Crippen molar-refractivity contribution in [1.82, 2.24) is 30.6 Å². The number of rotatable bonds is 14. The van der Waals surface area contributed by atoms with Crippen molar-refractivity contribution in [3.63, 3.8) is 0 Å². The number of imide groups is 2. The molecular weight excluding hydrogens is 855 g/mol. The van der Waals surface area contributed by atoms with Gasteiger partial charge in [0.05, 0.1) is 28.8 Å². The molecule has 342 valence electrons. The van der Waals surface area contributed by atoms with Crippen molar-refractivity contribution in [3.8, 4) is 0 Å². The van der Waals surface area contributed by atoms with Crippen LogP contribution in [-0.2, 0) is 25.5 Å². The number of hydrogen-bond donors (Lipinski definition) is 6. The Hall–Kier alpha value is -7.25. The van der Waals surface area contributed by atoms with Crippen LogP contribution in [0, 0.1) is 11.6 Å². The van der Waals surface area contributed by atoms with Crippen LogP contribution in [0.4, 0.5) is 31.7 Å². The first kappa shape index (κ1) is 44.0. The van der Waals surface area contributed by atoms with Gasteiger partial charge in [0.2, 0.25) is 17.7 Å². The van der Waals surface area contributed by atoms with Crippen molar-refractivity contribution < 1.29 is 42.3 Å². The van der Waals surface area contributed by atoms with E-state index in [1.165, 1.54) is 18.2 Å². The van der Waals surface area contributed by atoms with Gasteiger partial charge in [-0.15, -0.1) is 0 Å². The summed E-state index contributed by atoms with van der Waals surface area (Å²) in [5, 5.41) is 22.8. The number of nitrogens with one attached hydrogen (secondary N) is 6. The lowest BCUT2D eigenvalue weighted by atomic mass is 10.0. The standard InChI is InChI=1S/C47H48F2N10O7/c48-29-21-28(22-30(49)24-29)20-27-4-7-36-35(23-27)43(56-55-36)54-44(62)33-6-5-32(25-38(33)52-31-10-18-66-19-11-31)58-16-14-57(15-17-58)26-41(61)51-13-12-50-37-3-1-2-34-42(37)47(65)59(46(34)64)39-8-9-40(60)53-45(39)63/h1-7,21-25,31,39,50,52H,8-20,26H2,(H,51,61)(H,53,60,63)(H2,54,55,56,62). The number of carbonyl (C=O) groups excluding carboxylic acids is 6. The quantitative estimate of drug-likeness (QED) is 0.0690. The van der Waals surface area contributed by atoms with Crippen LogP contribution in [0.2, 0.25) is 0 Å². The van der Waals surface area contributed by atoms with Gasteiger partial charge in [-0.1, -0.05) is 12.1 Å². The van der Waals surface area contributed by atoms with Gasteiger partial charge in [0.1, 0.15) is 17.7 Å². The third-order valence-corrected chi connectivity index (χ3v) is 12.4. The highest BCUT2D eigenvalue weighted by Gasteiger charge is 2.45. The maximum atomic E-state index is 14.0. The predicted octanol–water partition coefficient (Wildman–Crippen LogP) is 4.03. The molecular formula is C47H48F2N10O7. The monoisotopic (exact) mass is 902 g/mol. The van der Waals surface area contributed by atoms with Gasteiger partial charge in [-0.2, -0.15) is 5.10 Å². The molecule has 0 bridgehead atoms. The van der Waals surface area contributed by atoms with Crippen LogP contribution < -0.4 is 31.5 Å². The molecule has 4 aromatic carbocycles. The van der Waals surface area contributed by atoms with E-state index >= 15 is 0 Å². The lowest BCUT2D eigenvalue weighted by molar-refractivity contribution is -0.136. The van der Waals surface area contributed by atoms with Gasteiger partial charge in [-0.25, -0.2) is 8.78 Å². The van der Waals surface area contributed by atoms with Gasteiger partial charge in [0, 0.05) is 93.5 Å². The van der Waals surface area contributed by atoms with E-state index in [0.29, 0.717) is 78.6 Å². The molecule has 5 aromatic rings. The highest BCUT2D eigenvalue weighted by molar-refractivity contribution is 6.25. The van der Waals surface area contributed by atoms with Crippen molar-refractivity contribution in [2.24, 2.45) is 0 Å². The average Bonchev–Trinajstić information content (AvgIpc) is 3.81. The van der Waals surface area contributed by atoms with Gasteiger partial charge in [-0.05, 0) is 91.4 Å². The van der Waals surface area contributed by atoms with Crippen molar-refractivity contribution in [2.45, 2.75) is 44.2 Å². The zero-order chi connectivity index (χ0) is 45.9. The Balaban J connectivity index is 0.790. The fraction of sp³-hybridized carbons (Fsp3) is 0.340. The lowest BCUT2D eigenvalue weighted by Gasteiger charge is -2.36. The topological polar surface area (TPSA) is 210 Å². The minimum atomic E-state index is -1.06. The van der Waals surface area contributed by atoms with Crippen molar-refractivity contribution in [1.29, 1.82) is 0 Å². The van der Waals surface area contributed by atoms with Crippen LogP contribution in [0.25, 0.3) is 10.9 Å². The van der Waals surface area contributed by atoms with E-state index in [9.17, 15) is 37.5 Å². The number of aromatic amines is 1. The van der Waals surface area contributed by atoms with Gasteiger partial charge in [0.25, 0.3) is 17.7 Å². The second kappa shape index (κ2) is 19.1. The number of piperidine rings is 1. The molecule has 1 unspecified atom stereocenters. The molecule has 0 aliphatic carbocycles. The average molecular weight is 903 g/mol. The summed E-state index contributed by atoms with van der Waals surface area (Å²) in [5.41, 5.74) is 4.72. The number of amides is 6. The van der Waals surface area contributed by atoms with Gasteiger partial charge in [-0.3, -0.25) is 49.0 Å². The Kier molecular flexibility index (Phi) is 12.7. The SMILES string of the molecule is O=C(CN1CCN(c2ccc(C(=O)Nc3n[nH]c4ccc(Cc5cc(F)cc(F)c5)cc34)c(NC3CCOCC3)c2)CC1)NCCNc1cccc2c1C(=O)N(C1CCC(=O)NC1=O)C2=O. The molecule has 3 fully saturated rings. The number of halogens is 2. The molecule has 6 N–H and O–H groups in total. The second-order valence-electron chi connectivity index (χ2n) is 16.8. The van der Waals surface area contributed by atoms with E-state index < -0.39 is 41.3 Å². The maximum Gasteiger partial charge on any atom is 0.264 e. The number of carbonyl (C=O) groups is 6. The highest BCUT2D eigenvalue weighted by atomic mass is 19.1. The molecule has 1 aromatic heterocycles. The minimum Gasteiger partial charge on any atom is -0.383 e. The minimum absolute atomic E-state index is 0.0288. The zero-order valence-electron chi connectivity index (χ0n) is 35.9. The van der Waals surface area contributed by atoms with E-state index in [2.05, 4.69) is 46.6 Å². The third-order valence-electron chi connectivity index (χ3n) is 12.4. The Labute approximate surface area is 377 Å². The van der Waals surface area contributed by atoms with Crippen molar-refractivity contribution in [2.75, 3.05) is 79.9 Å². The number of aromatic nitrogens is 2. The largest absolute Gasteiger partial charge is 0.383 e. The number of nitrogens with zero attached hydrogens (tertiary/aromatic N) is 4. The number of anilines is 4. The summed E-state index contributed by atoms with van der Waals surface area (Å²) >= 11 is 0. The zero-order valence-corrected chi connectivity index (χ0v) is 35.9. The van der Waals surface area contributed by atoms with Gasteiger partial charge in [0.15, 0.2) is 5.82 Å². The highest BCUT2D eigenvalue weighted by Crippen LogP contribution is 2.33. The number of benzene rings is 4. The summed E-state index contributed by atoms with van der Waals surface area (Å²) in [7, 11) is 0. The molecule has 4 aliphatic heterocycles. The van der Waals surface area contributed by atoms with Crippen LogP contribution >= 0.6 is 0 Å². The van der Waals surface area contributed by atoms with Crippen molar-refractivity contribution >= 4 is 69.2 Å². The normalized spacial score (nSPS) is 18.1. The molecule has 9 rings (SSSR count). The Morgan fingerprint density at radius 2 is 1.61 bits per heavy atom. The first-order valence-corrected chi connectivity index (χ1v) is 22.0. The summed E-state index contributed by atoms with van der Waals surface area (Å²) < 4.78 is 33.4. The van der Waals surface area contributed by atoms with Gasteiger partial charge >= 0.3 is 0 Å². The van der Waals surface area contributed by atoms with Crippen LogP contribution in [0.5, 0.6) is 0 Å². The summed E-state index contributed by atoms with van der Waals surface area (Å²) in [6.45, 7) is 4.45. The third kappa shape index (κ3) is 9.57. The summed E-state index contributed by atoms with van der Waals surface area (Å²) in [5.74, 6) is -3.82. The molecule has 4 aliphatic rings. The Bertz CT molecular complexity index is 2710. The first-order chi connectivity index (χ1) is 32.0. The molecule has 0 spiro atoms. The van der Waals surface area contributed by atoms with E-state index in [1.54, 1.807) is 18.2 Å². The number of fused-ring (bicyclic) bond motifs is 2. The molecule has 0 saturated carbocycles. The predicted molar refractivity (Wildman–Crippen MR) is 240 cm³/mol. The lowest BCUT2D eigenvalue weighted by Crippen LogP contribution is -2.54. The summed E-state index contributed by atoms with van der Waals surface area (Å²) in [4.78, 5) is 82.9. The van der Waals surface area contributed by atoms with Crippen LogP contribution in [0.15, 0.2) is 72.8 Å².